The van der Waals surface area contributed by atoms with Crippen molar-refractivity contribution in [3.63, 3.8) is 0 Å². The largest absolute Gasteiger partial charge is 0.497 e. The highest BCUT2D eigenvalue weighted by Gasteiger charge is 2.30. The Bertz CT molecular complexity index is 2290. The molecular formula is C43H43Cl3N6O2. The second kappa shape index (κ2) is 15.7. The van der Waals surface area contributed by atoms with Crippen LogP contribution in [0.4, 0.5) is 11.4 Å². The van der Waals surface area contributed by atoms with Crippen LogP contribution in [0, 0.1) is 0 Å². The van der Waals surface area contributed by atoms with Gasteiger partial charge in [0.05, 0.1) is 42.2 Å². The number of methoxy groups -OCH3 is 1. The Balaban J connectivity index is 1.22. The first kappa shape index (κ1) is 36.5. The predicted octanol–water partition coefficient (Wildman–Crippen LogP) is 11.0. The van der Waals surface area contributed by atoms with Gasteiger partial charge in [-0.15, -0.1) is 0 Å². The zero-order valence-corrected chi connectivity index (χ0v) is 32.7. The molecule has 6 aromatic rings. The molecule has 11 heteroatoms. The standard InChI is InChI=1S/C43H43Cl3N6O2/c1-27(33-16-13-29(44)23-35(33)46)52-26-47-40(28-9-5-3-6-10-28)42(52)39-34-17-14-30(45)24-36(34)48-41(39)43(53)49-37-25-32(54-2)15-18-38(37)51-21-19-50(20-22-51)31-11-7-4-8-12-31/h3,5-6,9-10,13-18,23-27,31,48H,4,7-8,11-12,19-22H2,1-2H3,(H,49,53). The van der Waals surface area contributed by atoms with Gasteiger partial charge in [0, 0.05) is 75.4 Å². The Morgan fingerprint density at radius 1 is 0.889 bits per heavy atom. The molecule has 1 saturated carbocycles. The Kier molecular flexibility index (Phi) is 10.6. The molecule has 2 fully saturated rings. The van der Waals surface area contributed by atoms with Crippen LogP contribution in [0.15, 0.2) is 91.3 Å². The maximum absolute atomic E-state index is 14.9. The monoisotopic (exact) mass is 780 g/mol. The second-order valence-corrected chi connectivity index (χ2v) is 15.6. The van der Waals surface area contributed by atoms with E-state index < -0.39 is 0 Å². The molecule has 1 atom stereocenters. The molecule has 4 aromatic carbocycles. The highest BCUT2D eigenvalue weighted by molar-refractivity contribution is 6.35. The van der Waals surface area contributed by atoms with Gasteiger partial charge in [-0.25, -0.2) is 4.98 Å². The van der Waals surface area contributed by atoms with Crippen LogP contribution < -0.4 is 15.0 Å². The van der Waals surface area contributed by atoms with E-state index in [-0.39, 0.29) is 11.9 Å². The zero-order chi connectivity index (χ0) is 37.3. The molecule has 2 aromatic heterocycles. The number of aromatic amines is 1. The molecule has 8 rings (SSSR count). The number of H-pyrrole nitrogens is 1. The van der Waals surface area contributed by atoms with Crippen LogP contribution in [-0.4, -0.2) is 64.7 Å². The van der Waals surface area contributed by atoms with E-state index >= 15 is 0 Å². The van der Waals surface area contributed by atoms with Crippen LogP contribution in [0.1, 0.15) is 61.1 Å². The van der Waals surface area contributed by atoms with Gasteiger partial charge in [0.1, 0.15) is 11.4 Å². The van der Waals surface area contributed by atoms with Gasteiger partial charge in [-0.2, -0.15) is 0 Å². The molecule has 0 bridgehead atoms. The van der Waals surface area contributed by atoms with E-state index in [2.05, 4.69) is 37.7 Å². The summed E-state index contributed by atoms with van der Waals surface area (Å²) in [5.74, 6) is 0.369. The first-order valence-corrected chi connectivity index (χ1v) is 19.8. The van der Waals surface area contributed by atoms with E-state index in [4.69, 9.17) is 44.5 Å². The van der Waals surface area contributed by atoms with Crippen molar-refractivity contribution >= 4 is 63.0 Å². The number of hydrogen-bond donors (Lipinski definition) is 2. The molecule has 1 amide bonds. The summed E-state index contributed by atoms with van der Waals surface area (Å²) in [6.07, 6.45) is 8.39. The number of piperazine rings is 1. The number of benzene rings is 4. The number of nitrogens with one attached hydrogen (secondary N) is 2. The Morgan fingerprint density at radius 2 is 1.63 bits per heavy atom. The molecular weight excluding hydrogens is 739 g/mol. The van der Waals surface area contributed by atoms with Gasteiger partial charge in [-0.05, 0) is 61.7 Å². The fourth-order valence-electron chi connectivity index (χ4n) is 8.26. The minimum Gasteiger partial charge on any atom is -0.497 e. The number of ether oxygens (including phenoxy) is 1. The summed E-state index contributed by atoms with van der Waals surface area (Å²) in [6.45, 7) is 5.83. The summed E-state index contributed by atoms with van der Waals surface area (Å²) in [5.41, 5.74) is 6.76. The van der Waals surface area contributed by atoms with Gasteiger partial charge in [-0.3, -0.25) is 9.69 Å². The molecule has 1 aliphatic carbocycles. The summed E-state index contributed by atoms with van der Waals surface area (Å²) >= 11 is 19.6. The number of amides is 1. The molecule has 1 saturated heterocycles. The molecule has 278 valence electrons. The van der Waals surface area contributed by atoms with Gasteiger partial charge < -0.3 is 24.5 Å². The number of fused-ring (bicyclic) bond motifs is 1. The first-order valence-electron chi connectivity index (χ1n) is 18.7. The highest BCUT2D eigenvalue weighted by Crippen LogP contribution is 2.43. The van der Waals surface area contributed by atoms with Crippen molar-refractivity contribution in [3.05, 3.63) is 118 Å². The molecule has 1 aliphatic heterocycles. The van der Waals surface area contributed by atoms with Crippen LogP contribution in [0.2, 0.25) is 15.1 Å². The Morgan fingerprint density at radius 3 is 2.37 bits per heavy atom. The molecule has 54 heavy (non-hydrogen) atoms. The maximum atomic E-state index is 14.9. The van der Waals surface area contributed by atoms with E-state index in [9.17, 15) is 4.79 Å². The van der Waals surface area contributed by atoms with Crippen molar-refractivity contribution < 1.29 is 9.53 Å². The molecule has 0 spiro atoms. The smallest absolute Gasteiger partial charge is 0.272 e. The molecule has 0 radical (unpaired) electrons. The molecule has 8 nitrogen and oxygen atoms in total. The van der Waals surface area contributed by atoms with Crippen LogP contribution in [-0.2, 0) is 0 Å². The van der Waals surface area contributed by atoms with Crippen molar-refractivity contribution in [1.29, 1.82) is 0 Å². The highest BCUT2D eigenvalue weighted by atomic mass is 35.5. The molecule has 3 heterocycles. The van der Waals surface area contributed by atoms with Gasteiger partial charge in [0.15, 0.2) is 0 Å². The molecule has 2 N–H and O–H groups in total. The van der Waals surface area contributed by atoms with Gasteiger partial charge in [-0.1, -0.05) is 96.5 Å². The average molecular weight is 782 g/mol. The van der Waals surface area contributed by atoms with Gasteiger partial charge in [0.2, 0.25) is 0 Å². The lowest BCUT2D eigenvalue weighted by Gasteiger charge is -2.42. The van der Waals surface area contributed by atoms with Crippen molar-refractivity contribution in [1.82, 2.24) is 19.4 Å². The van der Waals surface area contributed by atoms with Crippen molar-refractivity contribution in [2.24, 2.45) is 0 Å². The quantitative estimate of drug-likeness (QED) is 0.153. The van der Waals surface area contributed by atoms with E-state index in [0.29, 0.717) is 43.8 Å². The normalized spacial score (nSPS) is 16.1. The molecule has 2 aliphatic rings. The third-order valence-electron chi connectivity index (χ3n) is 11.1. The molecule has 1 unspecified atom stereocenters. The summed E-state index contributed by atoms with van der Waals surface area (Å²) < 4.78 is 7.74. The number of rotatable bonds is 9. The minimum atomic E-state index is -0.295. The van der Waals surface area contributed by atoms with E-state index in [1.54, 1.807) is 13.2 Å². The lowest BCUT2D eigenvalue weighted by atomic mass is 9.94. The van der Waals surface area contributed by atoms with E-state index in [1.165, 1.54) is 32.1 Å². The van der Waals surface area contributed by atoms with Crippen LogP contribution in [0.5, 0.6) is 5.75 Å². The number of imidazole rings is 1. The summed E-state index contributed by atoms with van der Waals surface area (Å²) in [5, 5.41) is 5.80. The van der Waals surface area contributed by atoms with Crippen molar-refractivity contribution in [2.45, 2.75) is 51.1 Å². The average Bonchev–Trinajstić information content (AvgIpc) is 3.80. The topological polar surface area (TPSA) is 78.4 Å². The Labute approximate surface area is 331 Å². The summed E-state index contributed by atoms with van der Waals surface area (Å²) in [6, 6.07) is 27.5. The summed E-state index contributed by atoms with van der Waals surface area (Å²) in [7, 11) is 1.64. The lowest BCUT2D eigenvalue weighted by molar-refractivity contribution is 0.102. The predicted molar refractivity (Wildman–Crippen MR) is 222 cm³/mol. The van der Waals surface area contributed by atoms with E-state index in [1.807, 2.05) is 79.1 Å². The number of hydrogen-bond acceptors (Lipinski definition) is 5. The van der Waals surface area contributed by atoms with Crippen molar-refractivity contribution in [3.8, 4) is 28.3 Å². The Hall–Kier alpha value is -4.47. The van der Waals surface area contributed by atoms with Crippen LogP contribution in [0.25, 0.3) is 33.4 Å². The lowest BCUT2D eigenvalue weighted by Crippen LogP contribution is -2.51. The maximum Gasteiger partial charge on any atom is 0.272 e. The number of aromatic nitrogens is 3. The third kappa shape index (κ3) is 7.20. The number of anilines is 2. The number of nitrogens with zero attached hydrogens (tertiary/aromatic N) is 4. The number of carbonyl (C=O) groups is 1. The zero-order valence-electron chi connectivity index (χ0n) is 30.4. The fourth-order valence-corrected chi connectivity index (χ4v) is 9.00. The van der Waals surface area contributed by atoms with Gasteiger partial charge in [0.25, 0.3) is 5.91 Å². The van der Waals surface area contributed by atoms with Crippen molar-refractivity contribution in [2.75, 3.05) is 43.5 Å². The number of halogens is 3. The van der Waals surface area contributed by atoms with Crippen LogP contribution >= 0.6 is 34.8 Å². The fraction of sp³-hybridized carbons (Fsp3) is 0.302. The van der Waals surface area contributed by atoms with Crippen LogP contribution in [0.3, 0.4) is 0 Å². The minimum absolute atomic E-state index is 0.264. The van der Waals surface area contributed by atoms with E-state index in [0.717, 1.165) is 65.3 Å². The summed E-state index contributed by atoms with van der Waals surface area (Å²) in [4.78, 5) is 28.3. The SMILES string of the molecule is COc1ccc(N2CCN(C3CCCCC3)CC2)c(NC(=O)c2[nH]c3cc(Cl)ccc3c2-c2c(-c3ccccc3)ncn2C(C)c2ccc(Cl)cc2Cl)c1. The number of carbonyl (C=O) groups excluding carboxylic acids is 1. The van der Waals surface area contributed by atoms with Gasteiger partial charge >= 0.3 is 0 Å². The first-order chi connectivity index (χ1) is 26.3. The third-order valence-corrected chi connectivity index (χ3v) is 11.9. The second-order valence-electron chi connectivity index (χ2n) is 14.3.